The molecule has 2 aromatic rings. The Labute approximate surface area is 99.7 Å². The Kier molecular flexibility index (Phi) is 3.73. The van der Waals surface area contributed by atoms with Gasteiger partial charge in [-0.2, -0.15) is 0 Å². The summed E-state index contributed by atoms with van der Waals surface area (Å²) >= 11 is 0. The van der Waals surface area contributed by atoms with Crippen molar-refractivity contribution in [3.05, 3.63) is 30.1 Å². The Morgan fingerprint density at radius 2 is 2.35 bits per heavy atom. The summed E-state index contributed by atoms with van der Waals surface area (Å²) < 4.78 is 1.88. The first kappa shape index (κ1) is 12.0. The Morgan fingerprint density at radius 1 is 1.53 bits per heavy atom. The van der Waals surface area contributed by atoms with Gasteiger partial charge in [-0.25, -0.2) is 4.98 Å². The second-order valence-electron chi connectivity index (χ2n) is 4.05. The lowest BCUT2D eigenvalue weighted by molar-refractivity contribution is 0.0821. The standard InChI is InChI=1S/C12H17N3O2/c1-13-5-9-6-15(7-10(17)8-16)12-11(9)3-2-4-14-12/h2-4,6,10,13,16-17H,5,7-8H2,1H3. The number of nitrogens with zero attached hydrogens (tertiary/aromatic N) is 2. The van der Waals surface area contributed by atoms with Crippen molar-refractivity contribution >= 4 is 11.0 Å². The van der Waals surface area contributed by atoms with Crippen molar-refractivity contribution < 1.29 is 10.2 Å². The van der Waals surface area contributed by atoms with E-state index in [0.29, 0.717) is 6.54 Å². The first-order valence-corrected chi connectivity index (χ1v) is 5.62. The SMILES string of the molecule is CNCc1cn(CC(O)CO)c2ncccc12. The average Bonchev–Trinajstić information content (AvgIpc) is 2.69. The molecule has 2 heterocycles. The van der Waals surface area contributed by atoms with Crippen LogP contribution in [-0.2, 0) is 13.1 Å². The van der Waals surface area contributed by atoms with Crippen molar-refractivity contribution in [3.8, 4) is 0 Å². The third-order valence-corrected chi connectivity index (χ3v) is 2.70. The molecule has 92 valence electrons. The quantitative estimate of drug-likeness (QED) is 0.688. The lowest BCUT2D eigenvalue weighted by Crippen LogP contribution is -2.19. The van der Waals surface area contributed by atoms with Crippen LogP contribution < -0.4 is 5.32 Å². The van der Waals surface area contributed by atoms with Crippen LogP contribution in [0.25, 0.3) is 11.0 Å². The van der Waals surface area contributed by atoms with Gasteiger partial charge in [0, 0.05) is 24.3 Å². The molecule has 0 aliphatic heterocycles. The molecule has 0 aliphatic rings. The highest BCUT2D eigenvalue weighted by atomic mass is 16.3. The number of rotatable bonds is 5. The topological polar surface area (TPSA) is 70.3 Å². The number of pyridine rings is 1. The summed E-state index contributed by atoms with van der Waals surface area (Å²) in [4.78, 5) is 4.31. The molecule has 17 heavy (non-hydrogen) atoms. The van der Waals surface area contributed by atoms with Gasteiger partial charge in [0.1, 0.15) is 5.65 Å². The minimum absolute atomic E-state index is 0.242. The van der Waals surface area contributed by atoms with Crippen LogP contribution in [0.2, 0.25) is 0 Å². The maximum Gasteiger partial charge on any atom is 0.140 e. The Morgan fingerprint density at radius 3 is 3.06 bits per heavy atom. The van der Waals surface area contributed by atoms with Gasteiger partial charge >= 0.3 is 0 Å². The summed E-state index contributed by atoms with van der Waals surface area (Å²) in [6.07, 6.45) is 2.94. The van der Waals surface area contributed by atoms with Gasteiger partial charge in [-0.05, 0) is 24.7 Å². The van der Waals surface area contributed by atoms with Gasteiger partial charge in [0.15, 0.2) is 0 Å². The smallest absolute Gasteiger partial charge is 0.140 e. The molecule has 0 spiro atoms. The van der Waals surface area contributed by atoms with E-state index in [1.165, 1.54) is 0 Å². The zero-order valence-electron chi connectivity index (χ0n) is 9.80. The van der Waals surface area contributed by atoms with E-state index >= 15 is 0 Å². The maximum absolute atomic E-state index is 9.50. The minimum atomic E-state index is -0.755. The van der Waals surface area contributed by atoms with Crippen LogP contribution in [0.3, 0.4) is 0 Å². The molecule has 0 bridgehead atoms. The summed E-state index contributed by atoms with van der Waals surface area (Å²) in [5, 5.41) is 22.6. The fourth-order valence-corrected chi connectivity index (χ4v) is 1.95. The summed E-state index contributed by atoms with van der Waals surface area (Å²) in [6.45, 7) is 0.867. The molecule has 2 rings (SSSR count). The van der Waals surface area contributed by atoms with E-state index in [0.717, 1.165) is 23.1 Å². The van der Waals surface area contributed by atoms with Gasteiger partial charge < -0.3 is 20.1 Å². The zero-order chi connectivity index (χ0) is 12.3. The van der Waals surface area contributed by atoms with E-state index in [9.17, 15) is 5.11 Å². The third kappa shape index (κ3) is 2.46. The van der Waals surface area contributed by atoms with Gasteiger partial charge in [0.2, 0.25) is 0 Å². The number of hydrogen-bond acceptors (Lipinski definition) is 4. The molecule has 0 radical (unpaired) electrons. The summed E-state index contributed by atoms with van der Waals surface area (Å²) in [5.41, 5.74) is 1.98. The van der Waals surface area contributed by atoms with E-state index in [-0.39, 0.29) is 6.61 Å². The summed E-state index contributed by atoms with van der Waals surface area (Å²) in [6, 6.07) is 3.91. The molecule has 0 amide bonds. The highest BCUT2D eigenvalue weighted by Gasteiger charge is 2.11. The number of aromatic nitrogens is 2. The first-order valence-electron chi connectivity index (χ1n) is 5.62. The summed E-state index contributed by atoms with van der Waals surface area (Å²) in [7, 11) is 1.89. The van der Waals surface area contributed by atoms with E-state index in [2.05, 4.69) is 10.3 Å². The van der Waals surface area contributed by atoms with Crippen LogP contribution in [0.15, 0.2) is 24.5 Å². The fraction of sp³-hybridized carbons (Fsp3) is 0.417. The molecular formula is C12H17N3O2. The van der Waals surface area contributed by atoms with E-state index in [4.69, 9.17) is 5.11 Å². The van der Waals surface area contributed by atoms with Gasteiger partial charge in [-0.1, -0.05) is 0 Å². The third-order valence-electron chi connectivity index (χ3n) is 2.70. The number of nitrogens with one attached hydrogen (secondary N) is 1. The summed E-state index contributed by atoms with van der Waals surface area (Å²) in [5.74, 6) is 0. The van der Waals surface area contributed by atoms with Gasteiger partial charge in [0.25, 0.3) is 0 Å². The molecule has 0 aromatic carbocycles. The van der Waals surface area contributed by atoms with Crippen LogP contribution >= 0.6 is 0 Å². The number of aliphatic hydroxyl groups excluding tert-OH is 2. The Balaban J connectivity index is 2.41. The van der Waals surface area contributed by atoms with Crippen molar-refractivity contribution in [1.82, 2.24) is 14.9 Å². The molecule has 0 saturated heterocycles. The van der Waals surface area contributed by atoms with Crippen molar-refractivity contribution in [2.75, 3.05) is 13.7 Å². The van der Waals surface area contributed by atoms with Crippen LogP contribution in [0, 0.1) is 0 Å². The second kappa shape index (κ2) is 5.27. The molecule has 1 unspecified atom stereocenters. The number of fused-ring (bicyclic) bond motifs is 1. The molecule has 0 aliphatic carbocycles. The molecule has 0 saturated carbocycles. The molecular weight excluding hydrogens is 218 g/mol. The highest BCUT2D eigenvalue weighted by Crippen LogP contribution is 2.19. The monoisotopic (exact) mass is 235 g/mol. The molecule has 0 fully saturated rings. The normalized spacial score (nSPS) is 13.1. The van der Waals surface area contributed by atoms with Crippen LogP contribution in [0.4, 0.5) is 0 Å². The first-order chi connectivity index (χ1) is 8.26. The molecule has 3 N–H and O–H groups in total. The van der Waals surface area contributed by atoms with Gasteiger partial charge in [-0.3, -0.25) is 0 Å². The second-order valence-corrected chi connectivity index (χ2v) is 4.05. The van der Waals surface area contributed by atoms with Gasteiger partial charge in [-0.15, -0.1) is 0 Å². The molecule has 1 atom stereocenters. The van der Waals surface area contributed by atoms with Crippen molar-refractivity contribution in [2.45, 2.75) is 19.2 Å². The minimum Gasteiger partial charge on any atom is -0.394 e. The lowest BCUT2D eigenvalue weighted by atomic mass is 10.2. The molecule has 5 heteroatoms. The largest absolute Gasteiger partial charge is 0.394 e. The predicted molar refractivity (Wildman–Crippen MR) is 65.6 cm³/mol. The van der Waals surface area contributed by atoms with Crippen molar-refractivity contribution in [1.29, 1.82) is 0 Å². The Hall–Kier alpha value is -1.43. The molecule has 2 aromatic heterocycles. The fourth-order valence-electron chi connectivity index (χ4n) is 1.95. The Bertz CT molecular complexity index is 495. The predicted octanol–water partition coefficient (Wildman–Crippen LogP) is 0.109. The average molecular weight is 235 g/mol. The van der Waals surface area contributed by atoms with Crippen LogP contribution in [-0.4, -0.2) is 39.5 Å². The van der Waals surface area contributed by atoms with Gasteiger partial charge in [0.05, 0.1) is 19.3 Å². The van der Waals surface area contributed by atoms with E-state index in [1.54, 1.807) is 6.20 Å². The van der Waals surface area contributed by atoms with Crippen LogP contribution in [0.1, 0.15) is 5.56 Å². The van der Waals surface area contributed by atoms with Crippen molar-refractivity contribution in [2.24, 2.45) is 0 Å². The molecule has 5 nitrogen and oxygen atoms in total. The van der Waals surface area contributed by atoms with Crippen LogP contribution in [0.5, 0.6) is 0 Å². The van der Waals surface area contributed by atoms with E-state index in [1.807, 2.05) is 29.9 Å². The van der Waals surface area contributed by atoms with E-state index < -0.39 is 6.10 Å². The number of hydrogen-bond donors (Lipinski definition) is 3. The van der Waals surface area contributed by atoms with Crippen molar-refractivity contribution in [3.63, 3.8) is 0 Å². The maximum atomic E-state index is 9.50. The highest BCUT2D eigenvalue weighted by molar-refractivity contribution is 5.80. The number of aliphatic hydroxyl groups is 2. The zero-order valence-corrected chi connectivity index (χ0v) is 9.80. The lowest BCUT2D eigenvalue weighted by Gasteiger charge is -2.08.